The Morgan fingerprint density at radius 3 is 2.41 bits per heavy atom. The average Bonchev–Trinajstić information content (AvgIpc) is 2.79. The second-order valence-corrected chi connectivity index (χ2v) is 8.94. The molecule has 2 saturated heterocycles. The molecular weight excluding hydrogens is 360 g/mol. The summed E-state index contributed by atoms with van der Waals surface area (Å²) in [5.74, 6) is 0.419. The molecule has 0 aromatic carbocycles. The highest BCUT2D eigenvalue weighted by Crippen LogP contribution is 2.59. The number of amides is 1. The van der Waals surface area contributed by atoms with E-state index in [1.807, 2.05) is 24.7 Å². The first-order valence-corrected chi connectivity index (χ1v) is 11.1. The highest BCUT2D eigenvalue weighted by molar-refractivity contribution is 5.91. The lowest BCUT2D eigenvalue weighted by molar-refractivity contribution is -0.186. The van der Waals surface area contributed by atoms with Crippen LogP contribution in [-0.2, 0) is 11.3 Å². The summed E-state index contributed by atoms with van der Waals surface area (Å²) in [6.07, 6.45) is 13.5. The Kier molecular flexibility index (Phi) is 5.08. The molecule has 5 nitrogen and oxygen atoms in total. The zero-order valence-electron chi connectivity index (χ0n) is 17.0. The van der Waals surface area contributed by atoms with Gasteiger partial charge in [-0.05, 0) is 55.5 Å². The number of hydrogen-bond acceptors (Lipinski definition) is 4. The van der Waals surface area contributed by atoms with Gasteiger partial charge in [0.15, 0.2) is 0 Å². The van der Waals surface area contributed by atoms with E-state index in [0.29, 0.717) is 11.9 Å². The van der Waals surface area contributed by atoms with Gasteiger partial charge in [0.25, 0.3) is 0 Å². The Balaban J connectivity index is 1.30. The van der Waals surface area contributed by atoms with Gasteiger partial charge in [0.1, 0.15) is 0 Å². The van der Waals surface area contributed by atoms with Gasteiger partial charge in [0.2, 0.25) is 5.91 Å². The number of carbonyl (C=O) groups excluding carboxylic acids is 1. The van der Waals surface area contributed by atoms with E-state index in [4.69, 9.17) is 0 Å². The summed E-state index contributed by atoms with van der Waals surface area (Å²) in [5.41, 5.74) is 2.25. The first-order chi connectivity index (χ1) is 14.3. The number of β-lactam (4-membered cyclic amide) rings is 1. The molecule has 1 amide bonds. The molecule has 1 atom stereocenters. The predicted molar refractivity (Wildman–Crippen MR) is 112 cm³/mol. The van der Waals surface area contributed by atoms with Crippen molar-refractivity contribution < 1.29 is 4.79 Å². The molecule has 2 aromatic rings. The summed E-state index contributed by atoms with van der Waals surface area (Å²) in [4.78, 5) is 26.9. The van der Waals surface area contributed by atoms with Crippen molar-refractivity contribution in [2.75, 3.05) is 13.1 Å². The van der Waals surface area contributed by atoms with Gasteiger partial charge in [-0.15, -0.1) is 0 Å². The third-order valence-electron chi connectivity index (χ3n) is 7.29. The van der Waals surface area contributed by atoms with E-state index in [1.54, 1.807) is 0 Å². The van der Waals surface area contributed by atoms with Crippen molar-refractivity contribution in [3.63, 3.8) is 0 Å². The number of piperidine rings is 1. The minimum Gasteiger partial charge on any atom is -0.331 e. The molecule has 29 heavy (non-hydrogen) atoms. The molecule has 1 saturated carbocycles. The molecule has 2 aromatic heterocycles. The first kappa shape index (κ1) is 18.7. The number of hydrogen-bond donors (Lipinski definition) is 0. The summed E-state index contributed by atoms with van der Waals surface area (Å²) < 4.78 is 0. The highest BCUT2D eigenvalue weighted by Gasteiger charge is 2.62. The van der Waals surface area contributed by atoms with Crippen molar-refractivity contribution in [1.29, 1.82) is 0 Å². The quantitative estimate of drug-likeness (QED) is 0.741. The van der Waals surface area contributed by atoms with Gasteiger partial charge in [-0.3, -0.25) is 19.7 Å². The summed E-state index contributed by atoms with van der Waals surface area (Å²) in [5, 5.41) is 0. The molecule has 152 valence electrons. The Morgan fingerprint density at radius 1 is 0.966 bits per heavy atom. The van der Waals surface area contributed by atoms with Crippen molar-refractivity contribution >= 4 is 5.91 Å². The number of pyridine rings is 2. The van der Waals surface area contributed by atoms with Crippen molar-refractivity contribution in [1.82, 2.24) is 19.8 Å². The third kappa shape index (κ3) is 3.35. The van der Waals surface area contributed by atoms with Crippen LogP contribution in [0.15, 0.2) is 48.9 Å². The predicted octanol–water partition coefficient (Wildman–Crippen LogP) is 3.98. The Labute approximate surface area is 173 Å². The van der Waals surface area contributed by atoms with E-state index in [2.05, 4.69) is 44.0 Å². The molecule has 2 aliphatic heterocycles. The smallest absolute Gasteiger partial charge is 0.232 e. The van der Waals surface area contributed by atoms with Crippen LogP contribution in [0.25, 0.3) is 0 Å². The van der Waals surface area contributed by atoms with Crippen LogP contribution < -0.4 is 0 Å². The van der Waals surface area contributed by atoms with E-state index < -0.39 is 0 Å². The second-order valence-electron chi connectivity index (χ2n) is 8.94. The minimum absolute atomic E-state index is 0.148. The van der Waals surface area contributed by atoms with Gasteiger partial charge in [-0.25, -0.2) is 0 Å². The molecule has 1 unspecified atom stereocenters. The largest absolute Gasteiger partial charge is 0.331 e. The fourth-order valence-corrected chi connectivity index (χ4v) is 5.84. The first-order valence-electron chi connectivity index (χ1n) is 11.1. The Bertz CT molecular complexity index is 826. The summed E-state index contributed by atoms with van der Waals surface area (Å²) >= 11 is 0. The number of nitrogens with zero attached hydrogens (tertiary/aromatic N) is 4. The van der Waals surface area contributed by atoms with Crippen molar-refractivity contribution in [3.05, 3.63) is 60.2 Å². The third-order valence-corrected chi connectivity index (χ3v) is 7.29. The topological polar surface area (TPSA) is 49.3 Å². The Morgan fingerprint density at radius 2 is 1.72 bits per heavy atom. The molecule has 0 N–H and O–H groups in total. The minimum atomic E-state index is -0.148. The van der Waals surface area contributed by atoms with E-state index in [9.17, 15) is 4.79 Å². The van der Waals surface area contributed by atoms with Crippen molar-refractivity contribution in [3.8, 4) is 0 Å². The van der Waals surface area contributed by atoms with Crippen LogP contribution in [-0.4, -0.2) is 44.8 Å². The molecule has 0 bridgehead atoms. The molecule has 4 heterocycles. The molecule has 5 rings (SSSR count). The van der Waals surface area contributed by atoms with Gasteiger partial charge in [0, 0.05) is 44.3 Å². The zero-order valence-corrected chi connectivity index (χ0v) is 17.0. The number of rotatable bonds is 4. The van der Waals surface area contributed by atoms with Gasteiger partial charge in [0.05, 0.1) is 17.2 Å². The monoisotopic (exact) mass is 390 g/mol. The lowest BCUT2D eigenvalue weighted by Gasteiger charge is -2.61. The van der Waals surface area contributed by atoms with Gasteiger partial charge in [-0.2, -0.15) is 0 Å². The maximum absolute atomic E-state index is 13.5. The van der Waals surface area contributed by atoms with Gasteiger partial charge < -0.3 is 4.90 Å². The van der Waals surface area contributed by atoms with Crippen LogP contribution >= 0.6 is 0 Å². The summed E-state index contributed by atoms with van der Waals surface area (Å²) in [6, 6.07) is 11.0. The zero-order chi connectivity index (χ0) is 19.7. The van der Waals surface area contributed by atoms with E-state index in [0.717, 1.165) is 51.0 Å². The van der Waals surface area contributed by atoms with E-state index in [1.165, 1.54) is 24.8 Å². The van der Waals surface area contributed by atoms with Crippen LogP contribution in [0.2, 0.25) is 0 Å². The second kappa shape index (κ2) is 7.86. The average molecular weight is 391 g/mol. The number of carbonyl (C=O) groups is 1. The number of likely N-dealkylation sites (tertiary alicyclic amines) is 2. The SMILES string of the molecule is O=C1N(C2CCN(Cc3ccccn3)CC2)C(c2ccncc2)C12CCCCC2. The molecule has 1 aliphatic carbocycles. The van der Waals surface area contributed by atoms with Crippen molar-refractivity contribution in [2.24, 2.45) is 5.41 Å². The van der Waals surface area contributed by atoms with Crippen LogP contribution in [0.5, 0.6) is 0 Å². The summed E-state index contributed by atoms with van der Waals surface area (Å²) in [6.45, 7) is 2.96. The maximum Gasteiger partial charge on any atom is 0.232 e. The molecule has 3 fully saturated rings. The van der Waals surface area contributed by atoms with Crippen LogP contribution in [0.3, 0.4) is 0 Å². The molecule has 5 heteroatoms. The number of aromatic nitrogens is 2. The standard InChI is InChI=1S/C24H30N4O/c29-23-24(11-3-1-4-12-24)22(19-7-14-25-15-8-19)28(23)21-9-16-27(17-10-21)18-20-6-2-5-13-26-20/h2,5-8,13-15,21-22H,1,3-4,9-12,16-18H2. The fraction of sp³-hybridized carbons (Fsp3) is 0.542. The van der Waals surface area contributed by atoms with E-state index >= 15 is 0 Å². The highest BCUT2D eigenvalue weighted by atomic mass is 16.2. The molecule has 1 spiro atoms. The summed E-state index contributed by atoms with van der Waals surface area (Å²) in [7, 11) is 0. The van der Waals surface area contributed by atoms with Gasteiger partial charge >= 0.3 is 0 Å². The van der Waals surface area contributed by atoms with Gasteiger partial charge in [-0.1, -0.05) is 25.3 Å². The molecular formula is C24H30N4O. The lowest BCUT2D eigenvalue weighted by Crippen LogP contribution is -2.67. The van der Waals surface area contributed by atoms with E-state index in [-0.39, 0.29) is 11.5 Å². The van der Waals surface area contributed by atoms with Crippen LogP contribution in [0.1, 0.15) is 62.2 Å². The van der Waals surface area contributed by atoms with Crippen molar-refractivity contribution in [2.45, 2.75) is 63.6 Å². The van der Waals surface area contributed by atoms with Crippen LogP contribution in [0.4, 0.5) is 0 Å². The normalized spacial score (nSPS) is 25.2. The fourth-order valence-electron chi connectivity index (χ4n) is 5.84. The lowest BCUT2D eigenvalue weighted by atomic mass is 9.59. The maximum atomic E-state index is 13.5. The Hall–Kier alpha value is -2.27. The molecule has 3 aliphatic rings. The van der Waals surface area contributed by atoms with Crippen LogP contribution in [0, 0.1) is 5.41 Å². The molecule has 0 radical (unpaired) electrons.